The lowest BCUT2D eigenvalue weighted by Gasteiger charge is -2.27. The van der Waals surface area contributed by atoms with E-state index in [9.17, 15) is 0 Å². The van der Waals surface area contributed by atoms with Gasteiger partial charge in [-0.2, -0.15) is 4.98 Å². The zero-order valence-electron chi connectivity index (χ0n) is 13.9. The number of hydrogen-bond acceptors (Lipinski definition) is 5. The highest BCUT2D eigenvalue weighted by Gasteiger charge is 2.16. The molecule has 132 valence electrons. The number of piperidine rings is 2. The van der Waals surface area contributed by atoms with Crippen LogP contribution < -0.4 is 15.5 Å². The van der Waals surface area contributed by atoms with Crippen LogP contribution in [0.15, 0.2) is 6.07 Å². The van der Waals surface area contributed by atoms with E-state index in [4.69, 9.17) is 4.98 Å². The van der Waals surface area contributed by atoms with Crippen molar-refractivity contribution in [1.82, 2.24) is 15.3 Å². The Morgan fingerprint density at radius 1 is 1.17 bits per heavy atom. The van der Waals surface area contributed by atoms with Gasteiger partial charge in [0, 0.05) is 31.4 Å². The van der Waals surface area contributed by atoms with Crippen LogP contribution in [0.5, 0.6) is 0 Å². The number of hydrogen-bond donors (Lipinski definition) is 2. The molecule has 3 heterocycles. The Hall–Kier alpha value is -0.780. The van der Waals surface area contributed by atoms with Gasteiger partial charge in [-0.15, -0.1) is 24.8 Å². The largest absolute Gasteiger partial charge is 0.370 e. The third-order valence-corrected chi connectivity index (χ3v) is 4.45. The zero-order valence-corrected chi connectivity index (χ0v) is 15.5. The lowest BCUT2D eigenvalue weighted by molar-refractivity contribution is 0.392. The first-order valence-corrected chi connectivity index (χ1v) is 8.36. The molecule has 3 rings (SSSR count). The summed E-state index contributed by atoms with van der Waals surface area (Å²) in [5, 5.41) is 6.98. The van der Waals surface area contributed by atoms with Crippen molar-refractivity contribution in [2.75, 3.05) is 42.9 Å². The molecule has 0 spiro atoms. The Kier molecular flexibility index (Phi) is 8.95. The van der Waals surface area contributed by atoms with Crippen molar-refractivity contribution in [3.63, 3.8) is 0 Å². The van der Waals surface area contributed by atoms with E-state index in [-0.39, 0.29) is 24.8 Å². The smallest absolute Gasteiger partial charge is 0.227 e. The highest BCUT2D eigenvalue weighted by Crippen LogP contribution is 2.19. The average Bonchev–Trinajstić information content (AvgIpc) is 2.54. The lowest BCUT2D eigenvalue weighted by Crippen LogP contribution is -2.34. The first-order valence-electron chi connectivity index (χ1n) is 8.36. The fraction of sp³-hybridized carbons (Fsp3) is 0.750. The SMILES string of the molecule is Cc1cc(NCC2CCCNC2)nc(N2CCCCC2)n1.Cl.Cl. The molecule has 2 aliphatic rings. The van der Waals surface area contributed by atoms with Crippen LogP contribution >= 0.6 is 24.8 Å². The Balaban J connectivity index is 0.00000132. The summed E-state index contributed by atoms with van der Waals surface area (Å²) in [5.74, 6) is 2.60. The minimum Gasteiger partial charge on any atom is -0.370 e. The van der Waals surface area contributed by atoms with E-state index >= 15 is 0 Å². The molecule has 2 N–H and O–H groups in total. The van der Waals surface area contributed by atoms with Gasteiger partial charge < -0.3 is 15.5 Å². The number of nitrogens with zero attached hydrogens (tertiary/aromatic N) is 3. The van der Waals surface area contributed by atoms with E-state index < -0.39 is 0 Å². The quantitative estimate of drug-likeness (QED) is 0.862. The van der Waals surface area contributed by atoms with E-state index in [1.807, 2.05) is 0 Å². The van der Waals surface area contributed by atoms with Crippen LogP contribution in [-0.2, 0) is 0 Å². The van der Waals surface area contributed by atoms with Crippen molar-refractivity contribution >= 4 is 36.6 Å². The van der Waals surface area contributed by atoms with E-state index in [1.165, 1.54) is 38.6 Å². The molecule has 1 aromatic heterocycles. The minimum absolute atomic E-state index is 0. The maximum Gasteiger partial charge on any atom is 0.227 e. The first-order chi connectivity index (χ1) is 10.3. The Labute approximate surface area is 151 Å². The fourth-order valence-electron chi connectivity index (χ4n) is 3.23. The van der Waals surface area contributed by atoms with Crippen molar-refractivity contribution in [3.8, 4) is 0 Å². The standard InChI is InChI=1S/C16H27N5.2ClH/c1-13-10-15(18-12-14-6-5-7-17-11-14)20-16(19-13)21-8-3-2-4-9-21;;/h10,14,17H,2-9,11-12H2,1H3,(H,18,19,20);2*1H. The summed E-state index contributed by atoms with van der Waals surface area (Å²) >= 11 is 0. The molecule has 0 aliphatic carbocycles. The third kappa shape index (κ3) is 5.98. The summed E-state index contributed by atoms with van der Waals surface area (Å²) in [5.41, 5.74) is 1.05. The first kappa shape index (κ1) is 20.3. The van der Waals surface area contributed by atoms with Crippen LogP contribution in [0.25, 0.3) is 0 Å². The molecule has 5 nitrogen and oxygen atoms in total. The summed E-state index contributed by atoms with van der Waals surface area (Å²) < 4.78 is 0. The average molecular weight is 362 g/mol. The molecule has 0 amide bonds. The number of halogens is 2. The van der Waals surface area contributed by atoms with Gasteiger partial charge in [-0.25, -0.2) is 4.98 Å². The van der Waals surface area contributed by atoms with Crippen molar-refractivity contribution in [3.05, 3.63) is 11.8 Å². The molecule has 2 saturated heterocycles. The van der Waals surface area contributed by atoms with Crippen molar-refractivity contribution in [2.24, 2.45) is 5.92 Å². The minimum atomic E-state index is 0. The number of anilines is 2. The van der Waals surface area contributed by atoms with Crippen molar-refractivity contribution in [1.29, 1.82) is 0 Å². The number of nitrogens with one attached hydrogen (secondary N) is 2. The molecule has 7 heteroatoms. The highest BCUT2D eigenvalue weighted by molar-refractivity contribution is 5.85. The molecule has 1 aromatic rings. The van der Waals surface area contributed by atoms with Crippen LogP contribution in [-0.4, -0.2) is 42.7 Å². The van der Waals surface area contributed by atoms with E-state index in [2.05, 4.69) is 33.5 Å². The topological polar surface area (TPSA) is 53.1 Å². The summed E-state index contributed by atoms with van der Waals surface area (Å²) in [6.45, 7) is 7.54. The number of aryl methyl sites for hydroxylation is 1. The summed E-state index contributed by atoms with van der Waals surface area (Å²) in [4.78, 5) is 11.7. The number of rotatable bonds is 4. The van der Waals surface area contributed by atoms with Crippen LogP contribution in [0.2, 0.25) is 0 Å². The van der Waals surface area contributed by atoms with E-state index in [0.717, 1.165) is 43.6 Å². The maximum absolute atomic E-state index is 4.72. The Morgan fingerprint density at radius 2 is 1.96 bits per heavy atom. The summed E-state index contributed by atoms with van der Waals surface area (Å²) in [6.07, 6.45) is 6.45. The van der Waals surface area contributed by atoms with Gasteiger partial charge in [0.25, 0.3) is 0 Å². The molecule has 0 bridgehead atoms. The lowest BCUT2D eigenvalue weighted by atomic mass is 10.00. The van der Waals surface area contributed by atoms with Gasteiger partial charge in [-0.1, -0.05) is 0 Å². The second-order valence-corrected chi connectivity index (χ2v) is 6.34. The predicted molar refractivity (Wildman–Crippen MR) is 101 cm³/mol. The summed E-state index contributed by atoms with van der Waals surface area (Å²) in [7, 11) is 0. The summed E-state index contributed by atoms with van der Waals surface area (Å²) in [6, 6.07) is 2.06. The van der Waals surface area contributed by atoms with Crippen LogP contribution in [0.3, 0.4) is 0 Å². The Morgan fingerprint density at radius 3 is 2.65 bits per heavy atom. The molecule has 0 aromatic carbocycles. The van der Waals surface area contributed by atoms with E-state index in [0.29, 0.717) is 5.92 Å². The van der Waals surface area contributed by atoms with Gasteiger partial charge >= 0.3 is 0 Å². The molecule has 1 atom stereocenters. The predicted octanol–water partition coefficient (Wildman–Crippen LogP) is 3.03. The monoisotopic (exact) mass is 361 g/mol. The van der Waals surface area contributed by atoms with Crippen LogP contribution in [0, 0.1) is 12.8 Å². The fourth-order valence-corrected chi connectivity index (χ4v) is 3.23. The maximum atomic E-state index is 4.72. The van der Waals surface area contributed by atoms with Gasteiger partial charge in [0.2, 0.25) is 5.95 Å². The third-order valence-electron chi connectivity index (χ3n) is 4.45. The molecular formula is C16H29Cl2N5. The van der Waals surface area contributed by atoms with Crippen molar-refractivity contribution < 1.29 is 0 Å². The molecule has 2 aliphatic heterocycles. The molecule has 23 heavy (non-hydrogen) atoms. The van der Waals surface area contributed by atoms with Gasteiger partial charge in [0.1, 0.15) is 5.82 Å². The normalized spacial score (nSPS) is 21.1. The zero-order chi connectivity index (χ0) is 14.5. The highest BCUT2D eigenvalue weighted by atomic mass is 35.5. The van der Waals surface area contributed by atoms with Crippen LogP contribution in [0.4, 0.5) is 11.8 Å². The van der Waals surface area contributed by atoms with Gasteiger partial charge in [0.15, 0.2) is 0 Å². The van der Waals surface area contributed by atoms with Gasteiger partial charge in [-0.3, -0.25) is 0 Å². The van der Waals surface area contributed by atoms with E-state index in [1.54, 1.807) is 0 Å². The van der Waals surface area contributed by atoms with Gasteiger partial charge in [-0.05, 0) is 58.0 Å². The van der Waals surface area contributed by atoms with Gasteiger partial charge in [0.05, 0.1) is 0 Å². The Bertz CT molecular complexity index is 460. The van der Waals surface area contributed by atoms with Crippen LogP contribution in [0.1, 0.15) is 37.8 Å². The molecule has 0 saturated carbocycles. The van der Waals surface area contributed by atoms with Crippen molar-refractivity contribution in [2.45, 2.75) is 39.0 Å². The molecule has 2 fully saturated rings. The molecular weight excluding hydrogens is 333 g/mol. The number of aromatic nitrogens is 2. The second kappa shape index (κ2) is 10.2. The molecule has 0 radical (unpaired) electrons. The molecule has 1 unspecified atom stereocenters. The second-order valence-electron chi connectivity index (χ2n) is 6.34.